The number of halogens is 1. The third kappa shape index (κ3) is 2.38. The van der Waals surface area contributed by atoms with Crippen molar-refractivity contribution in [3.63, 3.8) is 0 Å². The fourth-order valence-electron chi connectivity index (χ4n) is 2.18. The fourth-order valence-corrected chi connectivity index (χ4v) is 2.24. The molecule has 0 aliphatic carbocycles. The van der Waals surface area contributed by atoms with Gasteiger partial charge in [0.1, 0.15) is 5.84 Å². The topological polar surface area (TPSA) is 65.3 Å². The SMILES string of the molecule is CCn1c(=O)n(CC)c2cc(N=C(N)CCl)ccc21. The average molecular weight is 281 g/mol. The molecule has 0 unspecified atom stereocenters. The van der Waals surface area contributed by atoms with Gasteiger partial charge < -0.3 is 5.73 Å². The van der Waals surface area contributed by atoms with Crippen molar-refractivity contribution in [2.75, 3.05) is 5.88 Å². The number of aromatic nitrogens is 2. The highest BCUT2D eigenvalue weighted by atomic mass is 35.5. The van der Waals surface area contributed by atoms with Gasteiger partial charge in [-0.05, 0) is 32.0 Å². The summed E-state index contributed by atoms with van der Waals surface area (Å²) in [6.45, 7) is 5.18. The van der Waals surface area contributed by atoms with Crippen molar-refractivity contribution in [3.05, 3.63) is 28.7 Å². The molecular formula is C13H17ClN4O. The molecule has 1 aromatic heterocycles. The first-order valence-electron chi connectivity index (χ1n) is 6.24. The molecule has 2 rings (SSSR count). The zero-order valence-corrected chi connectivity index (χ0v) is 11.8. The molecule has 5 nitrogen and oxygen atoms in total. The second-order valence-electron chi connectivity index (χ2n) is 4.18. The van der Waals surface area contributed by atoms with Gasteiger partial charge in [-0.2, -0.15) is 0 Å². The van der Waals surface area contributed by atoms with E-state index in [-0.39, 0.29) is 11.6 Å². The van der Waals surface area contributed by atoms with E-state index >= 15 is 0 Å². The highest BCUT2D eigenvalue weighted by Gasteiger charge is 2.11. The van der Waals surface area contributed by atoms with Crippen LogP contribution >= 0.6 is 11.6 Å². The number of aliphatic imine (C=N–C) groups is 1. The quantitative estimate of drug-likeness (QED) is 0.529. The van der Waals surface area contributed by atoms with E-state index in [2.05, 4.69) is 4.99 Å². The minimum absolute atomic E-state index is 0.00597. The predicted octanol–water partition coefficient (Wildman–Crippen LogP) is 2.07. The molecule has 0 radical (unpaired) electrons. The fraction of sp³-hybridized carbons (Fsp3) is 0.385. The molecule has 6 heteroatoms. The van der Waals surface area contributed by atoms with E-state index in [1.54, 1.807) is 9.13 Å². The van der Waals surface area contributed by atoms with Gasteiger partial charge in [-0.1, -0.05) is 0 Å². The van der Waals surface area contributed by atoms with Crippen molar-refractivity contribution >= 4 is 34.2 Å². The zero-order valence-electron chi connectivity index (χ0n) is 11.1. The van der Waals surface area contributed by atoms with Crippen LogP contribution in [0.5, 0.6) is 0 Å². The number of hydrogen-bond acceptors (Lipinski definition) is 2. The van der Waals surface area contributed by atoms with E-state index in [0.29, 0.717) is 24.6 Å². The lowest BCUT2D eigenvalue weighted by Gasteiger charge is -2.01. The number of hydrogen-bond donors (Lipinski definition) is 1. The molecule has 1 heterocycles. The number of imidazole rings is 1. The van der Waals surface area contributed by atoms with Gasteiger partial charge in [0, 0.05) is 13.1 Å². The molecule has 2 N–H and O–H groups in total. The molecule has 0 aliphatic rings. The molecule has 0 saturated carbocycles. The van der Waals surface area contributed by atoms with E-state index in [1.807, 2.05) is 32.0 Å². The van der Waals surface area contributed by atoms with Crippen LogP contribution in [0, 0.1) is 0 Å². The van der Waals surface area contributed by atoms with Crippen LogP contribution in [0.1, 0.15) is 13.8 Å². The summed E-state index contributed by atoms with van der Waals surface area (Å²) < 4.78 is 3.48. The number of nitrogens with two attached hydrogens (primary N) is 1. The molecule has 0 amide bonds. The number of amidine groups is 1. The van der Waals surface area contributed by atoms with Gasteiger partial charge in [-0.25, -0.2) is 9.79 Å². The van der Waals surface area contributed by atoms with E-state index in [0.717, 1.165) is 11.0 Å². The lowest BCUT2D eigenvalue weighted by atomic mass is 10.2. The Kier molecular flexibility index (Phi) is 3.95. The highest BCUT2D eigenvalue weighted by Crippen LogP contribution is 2.21. The molecule has 0 fully saturated rings. The van der Waals surface area contributed by atoms with Gasteiger partial charge in [0.05, 0.1) is 22.6 Å². The Bertz CT molecular complexity index is 684. The maximum atomic E-state index is 12.2. The van der Waals surface area contributed by atoms with Crippen LogP contribution in [0.3, 0.4) is 0 Å². The lowest BCUT2D eigenvalue weighted by molar-refractivity contribution is 0.671. The van der Waals surface area contributed by atoms with Crippen LogP contribution in [0.2, 0.25) is 0 Å². The van der Waals surface area contributed by atoms with Crippen LogP contribution in [-0.4, -0.2) is 20.8 Å². The second-order valence-corrected chi connectivity index (χ2v) is 4.45. The van der Waals surface area contributed by atoms with Gasteiger partial charge in [-0.15, -0.1) is 11.6 Å². The van der Waals surface area contributed by atoms with E-state index in [9.17, 15) is 4.79 Å². The molecule has 0 aliphatic heterocycles. The number of alkyl halides is 1. The van der Waals surface area contributed by atoms with Crippen molar-refractivity contribution in [2.24, 2.45) is 10.7 Å². The molecule has 19 heavy (non-hydrogen) atoms. The zero-order chi connectivity index (χ0) is 14.0. The normalized spacial score (nSPS) is 12.3. The summed E-state index contributed by atoms with van der Waals surface area (Å²) in [5.41, 5.74) is 8.13. The first-order chi connectivity index (χ1) is 9.12. The van der Waals surface area contributed by atoms with Gasteiger partial charge >= 0.3 is 5.69 Å². The monoisotopic (exact) mass is 280 g/mol. The summed E-state index contributed by atoms with van der Waals surface area (Å²) in [5.74, 6) is 0.551. The first kappa shape index (κ1) is 13.7. The van der Waals surface area contributed by atoms with Crippen LogP contribution < -0.4 is 11.4 Å². The Morgan fingerprint density at radius 2 is 1.89 bits per heavy atom. The third-order valence-corrected chi connectivity index (χ3v) is 3.32. The molecule has 0 saturated heterocycles. The number of nitrogens with zero attached hydrogens (tertiary/aromatic N) is 3. The van der Waals surface area contributed by atoms with Crippen molar-refractivity contribution in [1.29, 1.82) is 0 Å². The lowest BCUT2D eigenvalue weighted by Crippen LogP contribution is -2.22. The first-order valence-corrected chi connectivity index (χ1v) is 6.77. The molecule has 1 aromatic carbocycles. The Balaban J connectivity index is 2.69. The Labute approximate surface area is 116 Å². The van der Waals surface area contributed by atoms with Crippen molar-refractivity contribution in [2.45, 2.75) is 26.9 Å². The Morgan fingerprint density at radius 1 is 1.26 bits per heavy atom. The van der Waals surface area contributed by atoms with Crippen LogP contribution in [0.15, 0.2) is 28.0 Å². The molecule has 0 atom stereocenters. The summed E-state index contributed by atoms with van der Waals surface area (Å²) in [6, 6.07) is 5.60. The predicted molar refractivity (Wildman–Crippen MR) is 79.5 cm³/mol. The second kappa shape index (κ2) is 5.48. The Hall–Kier alpha value is -1.75. The highest BCUT2D eigenvalue weighted by molar-refractivity contribution is 6.28. The minimum atomic E-state index is 0.00597. The molecule has 0 spiro atoms. The van der Waals surface area contributed by atoms with Crippen molar-refractivity contribution in [3.8, 4) is 0 Å². The van der Waals surface area contributed by atoms with Gasteiger partial charge in [0.25, 0.3) is 0 Å². The van der Waals surface area contributed by atoms with Gasteiger partial charge in [0.15, 0.2) is 0 Å². The standard InChI is InChI=1S/C13H17ClN4O/c1-3-17-10-6-5-9(16-12(15)8-14)7-11(10)18(4-2)13(17)19/h5-7H,3-4,8H2,1-2H3,(H2,15,16). The number of benzene rings is 1. The summed E-state index contributed by atoms with van der Waals surface area (Å²) in [6.07, 6.45) is 0. The van der Waals surface area contributed by atoms with Gasteiger partial charge in [0.2, 0.25) is 0 Å². The van der Waals surface area contributed by atoms with Crippen LogP contribution in [-0.2, 0) is 13.1 Å². The summed E-state index contributed by atoms with van der Waals surface area (Å²) >= 11 is 5.62. The summed E-state index contributed by atoms with van der Waals surface area (Å²) in [7, 11) is 0. The van der Waals surface area contributed by atoms with Crippen molar-refractivity contribution < 1.29 is 0 Å². The van der Waals surface area contributed by atoms with Crippen LogP contribution in [0.4, 0.5) is 5.69 Å². The average Bonchev–Trinajstić information content (AvgIpc) is 2.68. The maximum absolute atomic E-state index is 12.2. The van der Waals surface area contributed by atoms with Gasteiger partial charge in [-0.3, -0.25) is 9.13 Å². The molecular weight excluding hydrogens is 264 g/mol. The van der Waals surface area contributed by atoms with Crippen molar-refractivity contribution in [1.82, 2.24) is 9.13 Å². The number of rotatable bonds is 4. The number of aryl methyl sites for hydroxylation is 2. The summed E-state index contributed by atoms with van der Waals surface area (Å²) in [5, 5.41) is 0. The summed E-state index contributed by atoms with van der Waals surface area (Å²) in [4.78, 5) is 16.4. The smallest absolute Gasteiger partial charge is 0.329 e. The van der Waals surface area contributed by atoms with E-state index < -0.39 is 0 Å². The molecule has 2 aromatic rings. The number of fused-ring (bicyclic) bond motifs is 1. The maximum Gasteiger partial charge on any atom is 0.329 e. The Morgan fingerprint density at radius 3 is 2.47 bits per heavy atom. The molecule has 102 valence electrons. The minimum Gasteiger partial charge on any atom is -0.386 e. The largest absolute Gasteiger partial charge is 0.386 e. The third-order valence-electron chi connectivity index (χ3n) is 3.04. The van der Waals surface area contributed by atoms with Crippen LogP contribution in [0.25, 0.3) is 11.0 Å². The van der Waals surface area contributed by atoms with E-state index in [1.165, 1.54) is 0 Å². The molecule has 0 bridgehead atoms. The van der Waals surface area contributed by atoms with E-state index in [4.69, 9.17) is 17.3 Å².